The lowest BCUT2D eigenvalue weighted by atomic mass is 10.2. The highest BCUT2D eigenvalue weighted by atomic mass is 35.5. The van der Waals surface area contributed by atoms with Crippen LogP contribution in [0.1, 0.15) is 10.4 Å². The number of hydrogen-bond donors (Lipinski definition) is 1. The second-order valence-corrected chi connectivity index (χ2v) is 8.08. The van der Waals surface area contributed by atoms with E-state index >= 15 is 0 Å². The average Bonchev–Trinajstić information content (AvgIpc) is 2.64. The van der Waals surface area contributed by atoms with Crippen molar-refractivity contribution in [3.05, 3.63) is 58.6 Å². The highest BCUT2D eigenvalue weighted by Gasteiger charge is 2.27. The first kappa shape index (κ1) is 19.7. The normalized spacial score (nSPS) is 15.5. The Hall–Kier alpha value is -2.07. The predicted octanol–water partition coefficient (Wildman–Crippen LogP) is 2.89. The summed E-state index contributed by atoms with van der Waals surface area (Å²) in [6.45, 7) is 1.02. The summed E-state index contributed by atoms with van der Waals surface area (Å²) in [6, 6.07) is 6.36. The molecule has 0 aliphatic carbocycles. The van der Waals surface area contributed by atoms with Crippen molar-refractivity contribution >= 4 is 33.2 Å². The molecule has 1 aliphatic rings. The molecule has 0 radical (unpaired) electrons. The number of carbonyl (C=O) groups is 1. The highest BCUT2D eigenvalue weighted by Crippen LogP contribution is 2.28. The van der Waals surface area contributed by atoms with E-state index in [1.807, 2.05) is 0 Å². The summed E-state index contributed by atoms with van der Waals surface area (Å²) >= 11 is 6.03. The number of morpholine rings is 1. The molecule has 2 aromatic carbocycles. The van der Waals surface area contributed by atoms with Gasteiger partial charge in [-0.15, -0.1) is 0 Å². The minimum absolute atomic E-state index is 0.000254. The molecule has 144 valence electrons. The van der Waals surface area contributed by atoms with Crippen LogP contribution in [0, 0.1) is 11.6 Å². The molecule has 0 spiro atoms. The average molecular weight is 417 g/mol. The first-order chi connectivity index (χ1) is 12.8. The Morgan fingerprint density at radius 3 is 2.48 bits per heavy atom. The van der Waals surface area contributed by atoms with Crippen LogP contribution in [0.4, 0.5) is 14.5 Å². The number of benzene rings is 2. The maximum atomic E-state index is 13.8. The third kappa shape index (κ3) is 4.27. The number of hydrogen-bond acceptors (Lipinski definition) is 4. The summed E-state index contributed by atoms with van der Waals surface area (Å²) < 4.78 is 58.6. The van der Waals surface area contributed by atoms with Gasteiger partial charge in [-0.3, -0.25) is 4.79 Å². The molecule has 6 nitrogen and oxygen atoms in total. The molecule has 0 bridgehead atoms. The summed E-state index contributed by atoms with van der Waals surface area (Å²) in [5, 5.41) is 2.44. The molecule has 0 unspecified atom stereocenters. The SMILES string of the molecule is O=C(Nc1cc(S(=O)(=O)N2CCOCC2)ccc1Cl)c1ccc(F)cc1F. The number of carbonyl (C=O) groups excluding carboxylic acids is 1. The number of amides is 1. The zero-order chi connectivity index (χ0) is 19.6. The second-order valence-electron chi connectivity index (χ2n) is 5.74. The lowest BCUT2D eigenvalue weighted by molar-refractivity contribution is 0.0730. The van der Waals surface area contributed by atoms with E-state index in [9.17, 15) is 22.0 Å². The third-order valence-electron chi connectivity index (χ3n) is 3.97. The zero-order valence-electron chi connectivity index (χ0n) is 13.9. The van der Waals surface area contributed by atoms with Gasteiger partial charge in [0.25, 0.3) is 5.91 Å². The number of rotatable bonds is 4. The lowest BCUT2D eigenvalue weighted by Gasteiger charge is -2.26. The molecule has 0 aromatic heterocycles. The largest absolute Gasteiger partial charge is 0.379 e. The Morgan fingerprint density at radius 1 is 1.11 bits per heavy atom. The van der Waals surface area contributed by atoms with E-state index < -0.39 is 33.1 Å². The van der Waals surface area contributed by atoms with E-state index in [0.717, 1.165) is 12.1 Å². The molecule has 27 heavy (non-hydrogen) atoms. The Labute approximate surface area is 159 Å². The van der Waals surface area contributed by atoms with Gasteiger partial charge in [0.05, 0.1) is 34.4 Å². The van der Waals surface area contributed by atoms with E-state index in [2.05, 4.69) is 5.32 Å². The second kappa shape index (κ2) is 7.89. The number of sulfonamides is 1. The number of ether oxygens (including phenoxy) is 1. The van der Waals surface area contributed by atoms with Gasteiger partial charge in [-0.2, -0.15) is 4.31 Å². The van der Waals surface area contributed by atoms with Crippen LogP contribution in [-0.4, -0.2) is 44.9 Å². The fourth-order valence-electron chi connectivity index (χ4n) is 2.56. The van der Waals surface area contributed by atoms with Gasteiger partial charge in [-0.05, 0) is 30.3 Å². The Balaban J connectivity index is 1.88. The van der Waals surface area contributed by atoms with Crippen LogP contribution in [0.25, 0.3) is 0 Å². The molecule has 1 N–H and O–H groups in total. The van der Waals surface area contributed by atoms with Crippen molar-refractivity contribution in [1.29, 1.82) is 0 Å². The smallest absolute Gasteiger partial charge is 0.258 e. The molecular formula is C17H15ClF2N2O4S. The van der Waals surface area contributed by atoms with Gasteiger partial charge in [0.15, 0.2) is 0 Å². The van der Waals surface area contributed by atoms with Crippen molar-refractivity contribution in [1.82, 2.24) is 4.31 Å². The van der Waals surface area contributed by atoms with E-state index in [-0.39, 0.29) is 28.7 Å². The molecule has 1 fully saturated rings. The molecule has 1 heterocycles. The van der Waals surface area contributed by atoms with Crippen LogP contribution in [0.3, 0.4) is 0 Å². The van der Waals surface area contributed by atoms with E-state index in [0.29, 0.717) is 19.3 Å². The molecule has 3 rings (SSSR count). The maximum absolute atomic E-state index is 13.8. The van der Waals surface area contributed by atoms with Crippen LogP contribution in [0.5, 0.6) is 0 Å². The highest BCUT2D eigenvalue weighted by molar-refractivity contribution is 7.89. The number of anilines is 1. The predicted molar refractivity (Wildman–Crippen MR) is 95.3 cm³/mol. The molecule has 0 saturated carbocycles. The van der Waals surface area contributed by atoms with Gasteiger partial charge >= 0.3 is 0 Å². The van der Waals surface area contributed by atoms with Gasteiger partial charge in [0, 0.05) is 19.2 Å². The number of halogens is 3. The van der Waals surface area contributed by atoms with Crippen molar-refractivity contribution in [2.45, 2.75) is 4.90 Å². The van der Waals surface area contributed by atoms with E-state index in [1.165, 1.54) is 22.5 Å². The van der Waals surface area contributed by atoms with Gasteiger partial charge in [0.2, 0.25) is 10.0 Å². The van der Waals surface area contributed by atoms with Crippen LogP contribution < -0.4 is 5.32 Å². The first-order valence-electron chi connectivity index (χ1n) is 7.93. The lowest BCUT2D eigenvalue weighted by Crippen LogP contribution is -2.40. The quantitative estimate of drug-likeness (QED) is 0.831. The van der Waals surface area contributed by atoms with Crippen molar-refractivity contribution < 1.29 is 26.7 Å². The maximum Gasteiger partial charge on any atom is 0.258 e. The zero-order valence-corrected chi connectivity index (χ0v) is 15.5. The van der Waals surface area contributed by atoms with Crippen molar-refractivity contribution in [3.63, 3.8) is 0 Å². The Kier molecular flexibility index (Phi) is 5.75. The van der Waals surface area contributed by atoms with E-state index in [4.69, 9.17) is 16.3 Å². The number of nitrogens with one attached hydrogen (secondary N) is 1. The molecule has 10 heteroatoms. The van der Waals surface area contributed by atoms with Gasteiger partial charge in [-0.25, -0.2) is 17.2 Å². The minimum atomic E-state index is -3.80. The van der Waals surface area contributed by atoms with Gasteiger partial charge in [0.1, 0.15) is 11.6 Å². The summed E-state index contributed by atoms with van der Waals surface area (Å²) in [6.07, 6.45) is 0. The molecule has 1 amide bonds. The fraction of sp³-hybridized carbons (Fsp3) is 0.235. The van der Waals surface area contributed by atoms with E-state index in [1.54, 1.807) is 0 Å². The van der Waals surface area contributed by atoms with Crippen LogP contribution >= 0.6 is 11.6 Å². The molecule has 2 aromatic rings. The fourth-order valence-corrected chi connectivity index (χ4v) is 4.16. The number of nitrogens with zero attached hydrogens (tertiary/aromatic N) is 1. The minimum Gasteiger partial charge on any atom is -0.379 e. The summed E-state index contributed by atoms with van der Waals surface area (Å²) in [5.41, 5.74) is -0.395. The molecule has 1 aliphatic heterocycles. The standard InChI is InChI=1S/C17H15ClF2N2O4S/c18-14-4-2-12(27(24,25)22-5-7-26-8-6-22)10-16(14)21-17(23)13-3-1-11(19)9-15(13)20/h1-4,9-10H,5-8H2,(H,21,23). The first-order valence-corrected chi connectivity index (χ1v) is 9.75. The van der Waals surface area contributed by atoms with Crippen molar-refractivity contribution in [2.24, 2.45) is 0 Å². The van der Waals surface area contributed by atoms with Crippen LogP contribution in [0.2, 0.25) is 5.02 Å². The summed E-state index contributed by atoms with van der Waals surface area (Å²) in [5.74, 6) is -2.74. The Morgan fingerprint density at radius 2 is 1.81 bits per heavy atom. The van der Waals surface area contributed by atoms with Crippen LogP contribution in [0.15, 0.2) is 41.3 Å². The Bertz CT molecular complexity index is 979. The molecular weight excluding hydrogens is 402 g/mol. The summed E-state index contributed by atoms with van der Waals surface area (Å²) in [4.78, 5) is 12.2. The van der Waals surface area contributed by atoms with Crippen LogP contribution in [-0.2, 0) is 14.8 Å². The van der Waals surface area contributed by atoms with Crippen molar-refractivity contribution in [2.75, 3.05) is 31.6 Å². The monoisotopic (exact) mass is 416 g/mol. The topological polar surface area (TPSA) is 75.7 Å². The third-order valence-corrected chi connectivity index (χ3v) is 6.19. The van der Waals surface area contributed by atoms with Gasteiger partial charge in [-0.1, -0.05) is 11.6 Å². The molecule has 0 atom stereocenters. The molecule has 1 saturated heterocycles. The summed E-state index contributed by atoms with van der Waals surface area (Å²) in [7, 11) is -3.80. The van der Waals surface area contributed by atoms with Crippen molar-refractivity contribution in [3.8, 4) is 0 Å². The van der Waals surface area contributed by atoms with Gasteiger partial charge < -0.3 is 10.1 Å².